The van der Waals surface area contributed by atoms with E-state index in [9.17, 15) is 4.79 Å². The molecule has 2 aromatic heterocycles. The number of nitrogens with zero attached hydrogens (tertiary/aromatic N) is 4. The molecule has 0 saturated carbocycles. The number of aromatic nitrogens is 3. The highest BCUT2D eigenvalue weighted by molar-refractivity contribution is 5.85. The lowest BCUT2D eigenvalue weighted by atomic mass is 10.0. The van der Waals surface area contributed by atoms with Crippen molar-refractivity contribution in [2.75, 3.05) is 19.7 Å². The molecule has 6 nitrogen and oxygen atoms in total. The lowest BCUT2D eigenvalue weighted by Crippen LogP contribution is -2.39. The van der Waals surface area contributed by atoms with E-state index in [4.69, 9.17) is 4.74 Å². The van der Waals surface area contributed by atoms with E-state index in [0.29, 0.717) is 19.1 Å². The van der Waals surface area contributed by atoms with Crippen molar-refractivity contribution in [2.45, 2.75) is 32.2 Å². The predicted molar refractivity (Wildman–Crippen MR) is 111 cm³/mol. The first-order chi connectivity index (χ1) is 13.2. The monoisotopic (exact) mass is 400 g/mol. The Hall–Kier alpha value is -2.60. The zero-order valence-corrected chi connectivity index (χ0v) is 16.8. The summed E-state index contributed by atoms with van der Waals surface area (Å²) in [6, 6.07) is 12.0. The average Bonchev–Trinajstić information content (AvgIpc) is 3.14. The Labute approximate surface area is 170 Å². The van der Waals surface area contributed by atoms with Crippen LogP contribution < -0.4 is 4.74 Å². The number of benzene rings is 1. The molecule has 1 aromatic carbocycles. The number of carbonyl (C=O) groups is 1. The molecule has 1 saturated heterocycles. The number of halogens is 1. The Morgan fingerprint density at radius 1 is 1.14 bits per heavy atom. The molecule has 1 fully saturated rings. The molecular weight excluding hydrogens is 376 g/mol. The topological polar surface area (TPSA) is 60.2 Å². The number of pyridine rings is 1. The van der Waals surface area contributed by atoms with Crippen LogP contribution in [-0.4, -0.2) is 45.0 Å². The van der Waals surface area contributed by atoms with E-state index >= 15 is 0 Å². The van der Waals surface area contributed by atoms with Crippen LogP contribution in [0.5, 0.6) is 5.75 Å². The predicted octanol–water partition coefficient (Wildman–Crippen LogP) is 3.66. The second-order valence-corrected chi connectivity index (χ2v) is 6.86. The maximum atomic E-state index is 12.6. The minimum Gasteiger partial charge on any atom is -0.494 e. The SMILES string of the molecule is CCOc1ccc(CC(=O)N2CCC(n3cnc4cccnc43)CC2)cc1.Cl. The molecule has 28 heavy (non-hydrogen) atoms. The molecule has 0 N–H and O–H groups in total. The summed E-state index contributed by atoms with van der Waals surface area (Å²) in [5.41, 5.74) is 2.87. The van der Waals surface area contributed by atoms with Gasteiger partial charge >= 0.3 is 0 Å². The second kappa shape index (κ2) is 9.06. The van der Waals surface area contributed by atoms with E-state index in [0.717, 1.165) is 48.4 Å². The van der Waals surface area contributed by atoms with Crippen molar-refractivity contribution in [3.8, 4) is 5.75 Å². The smallest absolute Gasteiger partial charge is 0.226 e. The van der Waals surface area contributed by atoms with Gasteiger partial charge in [-0.25, -0.2) is 9.97 Å². The molecule has 0 atom stereocenters. The third-order valence-corrected chi connectivity index (χ3v) is 5.13. The fourth-order valence-electron chi connectivity index (χ4n) is 3.68. The Balaban J connectivity index is 0.00000225. The maximum Gasteiger partial charge on any atom is 0.226 e. The number of amides is 1. The molecule has 1 amide bonds. The van der Waals surface area contributed by atoms with E-state index < -0.39 is 0 Å². The number of ether oxygens (including phenoxy) is 1. The van der Waals surface area contributed by atoms with Gasteiger partial charge in [0.1, 0.15) is 11.3 Å². The van der Waals surface area contributed by atoms with Crippen LogP contribution >= 0.6 is 12.4 Å². The van der Waals surface area contributed by atoms with Crippen molar-refractivity contribution in [2.24, 2.45) is 0 Å². The number of hydrogen-bond acceptors (Lipinski definition) is 4. The molecule has 0 spiro atoms. The molecule has 4 rings (SSSR count). The van der Waals surface area contributed by atoms with Gasteiger partial charge in [0.15, 0.2) is 5.65 Å². The van der Waals surface area contributed by atoms with Gasteiger partial charge in [0.2, 0.25) is 5.91 Å². The summed E-state index contributed by atoms with van der Waals surface area (Å²) in [7, 11) is 0. The molecule has 0 aliphatic carbocycles. The van der Waals surface area contributed by atoms with Crippen LogP contribution in [0.2, 0.25) is 0 Å². The van der Waals surface area contributed by atoms with Gasteiger partial charge in [0, 0.05) is 25.3 Å². The summed E-state index contributed by atoms with van der Waals surface area (Å²) in [6.45, 7) is 4.15. The van der Waals surface area contributed by atoms with Gasteiger partial charge < -0.3 is 14.2 Å². The van der Waals surface area contributed by atoms with Crippen LogP contribution in [-0.2, 0) is 11.2 Å². The molecule has 3 heterocycles. The highest BCUT2D eigenvalue weighted by Gasteiger charge is 2.25. The third kappa shape index (κ3) is 4.28. The molecular formula is C21H25ClN4O2. The van der Waals surface area contributed by atoms with E-state index in [1.807, 2.05) is 54.5 Å². The number of piperidine rings is 1. The van der Waals surface area contributed by atoms with Crippen molar-refractivity contribution < 1.29 is 9.53 Å². The van der Waals surface area contributed by atoms with Crippen LogP contribution in [0.4, 0.5) is 0 Å². The fraction of sp³-hybridized carbons (Fsp3) is 0.381. The molecule has 0 radical (unpaired) electrons. The first kappa shape index (κ1) is 20.1. The standard InChI is InChI=1S/C21H24N4O2.ClH/c1-2-27-18-7-5-16(6-8-18)14-20(26)24-12-9-17(10-13-24)25-15-23-19-4-3-11-22-21(19)25;/h3-8,11,15,17H,2,9-10,12-14H2,1H3;1H. The highest BCUT2D eigenvalue weighted by Crippen LogP contribution is 2.26. The van der Waals surface area contributed by atoms with Gasteiger partial charge in [-0.05, 0) is 49.6 Å². The van der Waals surface area contributed by atoms with Crippen LogP contribution in [0.3, 0.4) is 0 Å². The fourth-order valence-corrected chi connectivity index (χ4v) is 3.68. The van der Waals surface area contributed by atoms with Crippen molar-refractivity contribution in [3.63, 3.8) is 0 Å². The normalized spacial score (nSPS) is 14.7. The summed E-state index contributed by atoms with van der Waals surface area (Å²) in [5, 5.41) is 0. The molecule has 0 unspecified atom stereocenters. The summed E-state index contributed by atoms with van der Waals surface area (Å²) in [4.78, 5) is 23.5. The van der Waals surface area contributed by atoms with Crippen LogP contribution in [0.1, 0.15) is 31.4 Å². The molecule has 1 aliphatic heterocycles. The van der Waals surface area contributed by atoms with Gasteiger partial charge in [-0.2, -0.15) is 0 Å². The number of likely N-dealkylation sites (tertiary alicyclic amines) is 1. The molecule has 3 aromatic rings. The number of rotatable bonds is 5. The summed E-state index contributed by atoms with van der Waals surface area (Å²) in [6.07, 6.45) is 5.97. The van der Waals surface area contributed by atoms with E-state index in [1.54, 1.807) is 6.20 Å². The van der Waals surface area contributed by atoms with E-state index in [2.05, 4.69) is 14.5 Å². The molecule has 148 valence electrons. The van der Waals surface area contributed by atoms with Gasteiger partial charge in [-0.3, -0.25) is 4.79 Å². The van der Waals surface area contributed by atoms with Gasteiger partial charge in [-0.15, -0.1) is 12.4 Å². The van der Waals surface area contributed by atoms with Crippen molar-refractivity contribution in [3.05, 3.63) is 54.5 Å². The second-order valence-electron chi connectivity index (χ2n) is 6.86. The van der Waals surface area contributed by atoms with Crippen LogP contribution in [0.15, 0.2) is 48.9 Å². The highest BCUT2D eigenvalue weighted by atomic mass is 35.5. The molecule has 1 aliphatic rings. The lowest BCUT2D eigenvalue weighted by molar-refractivity contribution is -0.131. The first-order valence-corrected chi connectivity index (χ1v) is 9.51. The quantitative estimate of drug-likeness (QED) is 0.655. The Kier molecular flexibility index (Phi) is 6.52. The third-order valence-electron chi connectivity index (χ3n) is 5.13. The number of hydrogen-bond donors (Lipinski definition) is 0. The Bertz CT molecular complexity index is 918. The maximum absolute atomic E-state index is 12.6. The molecule has 7 heteroatoms. The van der Waals surface area contributed by atoms with Crippen molar-refractivity contribution >= 4 is 29.5 Å². The Morgan fingerprint density at radius 2 is 1.89 bits per heavy atom. The van der Waals surface area contributed by atoms with Crippen LogP contribution in [0, 0.1) is 0 Å². The minimum atomic E-state index is 0. The van der Waals surface area contributed by atoms with E-state index in [-0.39, 0.29) is 18.3 Å². The lowest BCUT2D eigenvalue weighted by Gasteiger charge is -2.32. The van der Waals surface area contributed by atoms with Crippen LogP contribution in [0.25, 0.3) is 11.2 Å². The zero-order valence-electron chi connectivity index (χ0n) is 16.0. The number of carbonyl (C=O) groups excluding carboxylic acids is 1. The average molecular weight is 401 g/mol. The Morgan fingerprint density at radius 3 is 2.61 bits per heavy atom. The summed E-state index contributed by atoms with van der Waals surface area (Å²) < 4.78 is 7.61. The van der Waals surface area contributed by atoms with Crippen molar-refractivity contribution in [1.29, 1.82) is 0 Å². The van der Waals surface area contributed by atoms with Gasteiger partial charge in [0.25, 0.3) is 0 Å². The minimum absolute atomic E-state index is 0. The van der Waals surface area contributed by atoms with Gasteiger partial charge in [-0.1, -0.05) is 12.1 Å². The summed E-state index contributed by atoms with van der Waals surface area (Å²) in [5.74, 6) is 1.03. The number of fused-ring (bicyclic) bond motifs is 1. The van der Waals surface area contributed by atoms with E-state index in [1.165, 1.54) is 0 Å². The molecule has 0 bridgehead atoms. The number of imidazole rings is 1. The van der Waals surface area contributed by atoms with Gasteiger partial charge in [0.05, 0.1) is 19.4 Å². The zero-order chi connectivity index (χ0) is 18.6. The van der Waals surface area contributed by atoms with Crippen molar-refractivity contribution in [1.82, 2.24) is 19.4 Å². The summed E-state index contributed by atoms with van der Waals surface area (Å²) >= 11 is 0. The first-order valence-electron chi connectivity index (χ1n) is 9.51. The largest absolute Gasteiger partial charge is 0.494 e.